The first-order valence-corrected chi connectivity index (χ1v) is 8.98. The van der Waals surface area contributed by atoms with E-state index in [0.717, 1.165) is 0 Å². The van der Waals surface area contributed by atoms with Crippen LogP contribution in [0.3, 0.4) is 0 Å². The van der Waals surface area contributed by atoms with Crippen LogP contribution >= 0.6 is 23.2 Å². The Morgan fingerprint density at radius 1 is 1.09 bits per heavy atom. The summed E-state index contributed by atoms with van der Waals surface area (Å²) in [6.45, 7) is 1.78. The van der Waals surface area contributed by atoms with Crippen molar-refractivity contribution in [3.05, 3.63) is 52.3 Å². The molecule has 0 heterocycles. The van der Waals surface area contributed by atoms with Crippen molar-refractivity contribution in [2.75, 3.05) is 10.5 Å². The van der Waals surface area contributed by atoms with E-state index >= 15 is 0 Å². The van der Waals surface area contributed by atoms with E-state index in [4.69, 9.17) is 23.2 Å². The first-order valence-electron chi connectivity index (χ1n) is 6.58. The van der Waals surface area contributed by atoms with Crippen LogP contribution in [0.2, 0.25) is 10.0 Å². The third-order valence-corrected chi connectivity index (χ3v) is 5.06. The number of hydrogen-bond donors (Lipinski definition) is 1. The van der Waals surface area contributed by atoms with Crippen LogP contribution in [0.25, 0.3) is 11.1 Å². The largest absolute Gasteiger partial charge is 0.284 e. The van der Waals surface area contributed by atoms with Crippen LogP contribution in [-0.2, 0) is 10.0 Å². The van der Waals surface area contributed by atoms with Gasteiger partial charge >= 0.3 is 0 Å². The quantitative estimate of drug-likeness (QED) is 0.818. The smallest absolute Gasteiger partial charge is 0.232 e. The van der Waals surface area contributed by atoms with Crippen LogP contribution in [0.15, 0.2) is 36.4 Å². The van der Waals surface area contributed by atoms with E-state index in [-0.39, 0.29) is 10.8 Å². The summed E-state index contributed by atoms with van der Waals surface area (Å²) in [4.78, 5) is 0. The number of rotatable bonds is 5. The second-order valence-corrected chi connectivity index (χ2v) is 7.40. The molecule has 0 unspecified atom stereocenters. The molecule has 2 aromatic carbocycles. The minimum atomic E-state index is -3.38. The summed E-state index contributed by atoms with van der Waals surface area (Å²) in [6.07, 6.45) is 0.519. The molecule has 7 heteroatoms. The topological polar surface area (TPSA) is 46.2 Å². The molecule has 2 rings (SSSR count). The Bertz CT molecular complexity index is 794. The Labute approximate surface area is 139 Å². The maximum Gasteiger partial charge on any atom is 0.232 e. The van der Waals surface area contributed by atoms with Gasteiger partial charge in [-0.3, -0.25) is 4.72 Å². The summed E-state index contributed by atoms with van der Waals surface area (Å²) >= 11 is 11.8. The van der Waals surface area contributed by atoms with Gasteiger partial charge in [0.15, 0.2) is 0 Å². The number of benzene rings is 2. The van der Waals surface area contributed by atoms with E-state index in [0.29, 0.717) is 28.3 Å². The Morgan fingerprint density at radius 2 is 1.82 bits per heavy atom. The average Bonchev–Trinajstić information content (AvgIpc) is 2.41. The fourth-order valence-electron chi connectivity index (χ4n) is 1.98. The summed E-state index contributed by atoms with van der Waals surface area (Å²) in [7, 11) is -3.38. The van der Waals surface area contributed by atoms with E-state index in [9.17, 15) is 12.8 Å². The summed E-state index contributed by atoms with van der Waals surface area (Å²) in [5.41, 5.74) is 1.53. The highest BCUT2D eigenvalue weighted by Crippen LogP contribution is 2.32. The van der Waals surface area contributed by atoms with Crippen molar-refractivity contribution in [1.29, 1.82) is 0 Å². The molecule has 0 radical (unpaired) electrons. The summed E-state index contributed by atoms with van der Waals surface area (Å²) in [5, 5.41) is 0.349. The molecule has 118 valence electrons. The minimum absolute atomic E-state index is 0.0313. The molecule has 0 fully saturated rings. The zero-order chi connectivity index (χ0) is 16.3. The predicted molar refractivity (Wildman–Crippen MR) is 89.6 cm³/mol. The fraction of sp³-hybridized carbons (Fsp3) is 0.200. The monoisotopic (exact) mass is 361 g/mol. The van der Waals surface area contributed by atoms with Crippen LogP contribution in [0.5, 0.6) is 0 Å². The zero-order valence-corrected chi connectivity index (χ0v) is 14.1. The van der Waals surface area contributed by atoms with Gasteiger partial charge in [0.1, 0.15) is 5.82 Å². The van der Waals surface area contributed by atoms with Crippen molar-refractivity contribution in [1.82, 2.24) is 0 Å². The summed E-state index contributed by atoms with van der Waals surface area (Å²) in [6, 6.07) is 9.09. The lowest BCUT2D eigenvalue weighted by Crippen LogP contribution is -2.16. The van der Waals surface area contributed by atoms with Gasteiger partial charge in [0, 0.05) is 11.3 Å². The lowest BCUT2D eigenvalue weighted by molar-refractivity contribution is 0.600. The predicted octanol–water partition coefficient (Wildman–Crippen LogP) is 4.95. The molecule has 3 nitrogen and oxygen atoms in total. The Hall–Kier alpha value is -1.30. The number of halogens is 3. The molecule has 0 aromatic heterocycles. The highest BCUT2D eigenvalue weighted by atomic mass is 35.5. The zero-order valence-electron chi connectivity index (χ0n) is 11.7. The third kappa shape index (κ3) is 4.12. The normalized spacial score (nSPS) is 11.5. The van der Waals surface area contributed by atoms with Gasteiger partial charge in [0.2, 0.25) is 10.0 Å². The number of anilines is 1. The molecular weight excluding hydrogens is 348 g/mol. The van der Waals surface area contributed by atoms with E-state index < -0.39 is 15.8 Å². The maximum absolute atomic E-state index is 13.5. The van der Waals surface area contributed by atoms with Crippen molar-refractivity contribution >= 4 is 38.9 Å². The van der Waals surface area contributed by atoms with Crippen LogP contribution < -0.4 is 4.72 Å². The fourth-order valence-corrected chi connectivity index (χ4v) is 3.51. The van der Waals surface area contributed by atoms with E-state index in [1.807, 2.05) is 0 Å². The van der Waals surface area contributed by atoms with Gasteiger partial charge in [0.05, 0.1) is 15.8 Å². The second-order valence-electron chi connectivity index (χ2n) is 4.74. The first kappa shape index (κ1) is 17.1. The van der Waals surface area contributed by atoms with Gasteiger partial charge in [-0.1, -0.05) is 42.3 Å². The molecule has 0 aliphatic carbocycles. The van der Waals surface area contributed by atoms with Crippen molar-refractivity contribution in [3.8, 4) is 11.1 Å². The molecule has 0 bridgehead atoms. The van der Waals surface area contributed by atoms with Crippen molar-refractivity contribution < 1.29 is 12.8 Å². The van der Waals surface area contributed by atoms with Crippen LogP contribution in [0, 0.1) is 5.82 Å². The molecule has 0 spiro atoms. The summed E-state index contributed by atoms with van der Waals surface area (Å²) in [5.74, 6) is -0.502. The number of sulfonamides is 1. The standard InChI is InChI=1S/C15H14Cl2FNO2S/c1-2-7-22(20,21)19-11-4-5-12(14(17)9-11)10-3-6-13(16)15(18)8-10/h3-6,8-9,19H,2,7H2,1H3. The van der Waals surface area contributed by atoms with Gasteiger partial charge in [0.25, 0.3) is 0 Å². The Kier molecular flexibility index (Phi) is 5.32. The molecule has 0 saturated heterocycles. The van der Waals surface area contributed by atoms with Crippen LogP contribution in [0.1, 0.15) is 13.3 Å². The molecular formula is C15H14Cl2FNO2S. The van der Waals surface area contributed by atoms with Gasteiger partial charge in [-0.2, -0.15) is 0 Å². The highest BCUT2D eigenvalue weighted by Gasteiger charge is 2.12. The van der Waals surface area contributed by atoms with Gasteiger partial charge in [-0.15, -0.1) is 0 Å². The second kappa shape index (κ2) is 6.86. The van der Waals surface area contributed by atoms with Crippen molar-refractivity contribution in [2.24, 2.45) is 0 Å². The average molecular weight is 362 g/mol. The highest BCUT2D eigenvalue weighted by molar-refractivity contribution is 7.92. The van der Waals surface area contributed by atoms with Crippen molar-refractivity contribution in [3.63, 3.8) is 0 Å². The first-order chi connectivity index (χ1) is 10.3. The van der Waals surface area contributed by atoms with Gasteiger partial charge < -0.3 is 0 Å². The van der Waals surface area contributed by atoms with Crippen LogP contribution in [0.4, 0.5) is 10.1 Å². The van der Waals surface area contributed by atoms with E-state index in [2.05, 4.69) is 4.72 Å². The molecule has 0 saturated carbocycles. The minimum Gasteiger partial charge on any atom is -0.284 e. The SMILES string of the molecule is CCCS(=O)(=O)Nc1ccc(-c2ccc(Cl)c(F)c2)c(Cl)c1. The van der Waals surface area contributed by atoms with Gasteiger partial charge in [-0.05, 0) is 36.2 Å². The molecule has 22 heavy (non-hydrogen) atoms. The molecule has 2 aromatic rings. The lowest BCUT2D eigenvalue weighted by Gasteiger charge is -2.10. The molecule has 0 atom stereocenters. The lowest BCUT2D eigenvalue weighted by atomic mass is 10.1. The molecule has 0 aliphatic rings. The van der Waals surface area contributed by atoms with Crippen molar-refractivity contribution in [2.45, 2.75) is 13.3 Å². The van der Waals surface area contributed by atoms with Gasteiger partial charge in [-0.25, -0.2) is 12.8 Å². The maximum atomic E-state index is 13.5. The number of hydrogen-bond acceptors (Lipinski definition) is 2. The molecule has 0 aliphatic heterocycles. The molecule has 0 amide bonds. The summed E-state index contributed by atoms with van der Waals surface area (Å²) < 4.78 is 39.4. The van der Waals surface area contributed by atoms with Crippen LogP contribution in [-0.4, -0.2) is 14.2 Å². The van der Waals surface area contributed by atoms with E-state index in [1.54, 1.807) is 25.1 Å². The van der Waals surface area contributed by atoms with E-state index in [1.165, 1.54) is 18.2 Å². The number of nitrogens with one attached hydrogen (secondary N) is 1. The Morgan fingerprint density at radius 3 is 2.41 bits per heavy atom. The third-order valence-electron chi connectivity index (χ3n) is 2.95. The Balaban J connectivity index is 2.32. The molecule has 1 N–H and O–H groups in total.